The van der Waals surface area contributed by atoms with E-state index in [1.54, 1.807) is 36.2 Å². The zero-order valence-electron chi connectivity index (χ0n) is 16.5. The fourth-order valence-corrected chi connectivity index (χ4v) is 3.27. The SMILES string of the molecule is CC(NC(=O)c1ccccn1)C(=O)N1Cc2ccccc2OCC1CN(C)C. The van der Waals surface area contributed by atoms with E-state index in [0.717, 1.165) is 11.3 Å². The first-order valence-electron chi connectivity index (χ1n) is 9.33. The highest BCUT2D eigenvalue weighted by Gasteiger charge is 2.32. The zero-order valence-corrected chi connectivity index (χ0v) is 16.5. The van der Waals surface area contributed by atoms with E-state index >= 15 is 0 Å². The van der Waals surface area contributed by atoms with Crippen molar-refractivity contribution in [1.29, 1.82) is 0 Å². The van der Waals surface area contributed by atoms with Gasteiger partial charge in [0.15, 0.2) is 0 Å². The first-order chi connectivity index (χ1) is 13.5. The van der Waals surface area contributed by atoms with Gasteiger partial charge in [-0.05, 0) is 39.2 Å². The van der Waals surface area contributed by atoms with E-state index in [2.05, 4.69) is 10.3 Å². The number of benzene rings is 1. The second-order valence-electron chi connectivity index (χ2n) is 7.21. The number of hydrogen-bond donors (Lipinski definition) is 1. The minimum absolute atomic E-state index is 0.121. The summed E-state index contributed by atoms with van der Waals surface area (Å²) in [6, 6.07) is 12.0. The largest absolute Gasteiger partial charge is 0.491 e. The van der Waals surface area contributed by atoms with Gasteiger partial charge in [0.25, 0.3) is 5.91 Å². The summed E-state index contributed by atoms with van der Waals surface area (Å²) in [5, 5.41) is 2.76. The molecule has 28 heavy (non-hydrogen) atoms. The van der Waals surface area contributed by atoms with Crippen LogP contribution in [0, 0.1) is 0 Å². The summed E-state index contributed by atoms with van der Waals surface area (Å²) >= 11 is 0. The highest BCUT2D eigenvalue weighted by Crippen LogP contribution is 2.25. The molecule has 1 aliphatic rings. The van der Waals surface area contributed by atoms with Gasteiger partial charge in [-0.15, -0.1) is 0 Å². The van der Waals surface area contributed by atoms with E-state index in [1.807, 2.05) is 43.3 Å². The van der Waals surface area contributed by atoms with E-state index < -0.39 is 6.04 Å². The van der Waals surface area contributed by atoms with Crippen LogP contribution in [-0.4, -0.2) is 65.9 Å². The van der Waals surface area contributed by atoms with Gasteiger partial charge in [0.05, 0.1) is 6.04 Å². The Morgan fingerprint density at radius 1 is 1.25 bits per heavy atom. The monoisotopic (exact) mass is 382 g/mol. The van der Waals surface area contributed by atoms with Crippen molar-refractivity contribution in [2.45, 2.75) is 25.6 Å². The van der Waals surface area contributed by atoms with Crippen LogP contribution in [0.15, 0.2) is 48.7 Å². The summed E-state index contributed by atoms with van der Waals surface area (Å²) < 4.78 is 5.95. The first kappa shape index (κ1) is 19.8. The van der Waals surface area contributed by atoms with Gasteiger partial charge in [-0.3, -0.25) is 14.6 Å². The summed E-state index contributed by atoms with van der Waals surface area (Å²) in [5.41, 5.74) is 1.25. The van der Waals surface area contributed by atoms with Gasteiger partial charge in [-0.1, -0.05) is 24.3 Å². The Kier molecular flexibility index (Phi) is 6.26. The Morgan fingerprint density at radius 2 is 2.00 bits per heavy atom. The molecule has 0 aliphatic carbocycles. The van der Waals surface area contributed by atoms with Crippen molar-refractivity contribution in [1.82, 2.24) is 20.1 Å². The number of amides is 2. The van der Waals surface area contributed by atoms with Crippen molar-refractivity contribution in [3.8, 4) is 5.75 Å². The number of aromatic nitrogens is 1. The van der Waals surface area contributed by atoms with E-state index in [9.17, 15) is 9.59 Å². The minimum atomic E-state index is -0.676. The van der Waals surface area contributed by atoms with Crippen LogP contribution in [0.25, 0.3) is 0 Å². The third kappa shape index (κ3) is 4.67. The number of pyridine rings is 1. The molecule has 148 valence electrons. The number of nitrogens with one attached hydrogen (secondary N) is 1. The molecule has 3 rings (SSSR count). The van der Waals surface area contributed by atoms with Crippen LogP contribution in [0.3, 0.4) is 0 Å². The molecular formula is C21H26N4O3. The zero-order chi connectivity index (χ0) is 20.1. The molecule has 1 aromatic heterocycles. The Labute approximate surface area is 165 Å². The summed E-state index contributed by atoms with van der Waals surface area (Å²) in [6.45, 7) is 3.22. The van der Waals surface area contributed by atoms with E-state index in [0.29, 0.717) is 19.7 Å². The molecule has 0 bridgehead atoms. The molecule has 0 saturated heterocycles. The Hall–Kier alpha value is -2.93. The quantitative estimate of drug-likeness (QED) is 0.849. The molecule has 7 heteroatoms. The number of hydrogen-bond acceptors (Lipinski definition) is 5. The van der Waals surface area contributed by atoms with Gasteiger partial charge in [0.2, 0.25) is 5.91 Å². The predicted octanol–water partition coefficient (Wildman–Crippen LogP) is 1.55. The normalized spacial score (nSPS) is 17.3. The maximum absolute atomic E-state index is 13.2. The van der Waals surface area contributed by atoms with Gasteiger partial charge in [-0.25, -0.2) is 0 Å². The van der Waals surface area contributed by atoms with E-state index in [1.165, 1.54) is 0 Å². The van der Waals surface area contributed by atoms with Crippen molar-refractivity contribution in [3.63, 3.8) is 0 Å². The van der Waals surface area contributed by atoms with Crippen LogP contribution in [0.2, 0.25) is 0 Å². The lowest BCUT2D eigenvalue weighted by molar-refractivity contribution is -0.136. The molecule has 2 unspecified atom stereocenters. The number of ether oxygens (including phenoxy) is 1. The lowest BCUT2D eigenvalue weighted by atomic mass is 10.1. The molecule has 0 spiro atoms. The lowest BCUT2D eigenvalue weighted by Gasteiger charge is -2.33. The smallest absolute Gasteiger partial charge is 0.270 e. The molecule has 0 saturated carbocycles. The number of para-hydroxylation sites is 1. The maximum atomic E-state index is 13.2. The van der Waals surface area contributed by atoms with Crippen LogP contribution >= 0.6 is 0 Å². The van der Waals surface area contributed by atoms with Gasteiger partial charge >= 0.3 is 0 Å². The highest BCUT2D eigenvalue weighted by atomic mass is 16.5. The molecule has 1 aromatic carbocycles. The number of carbonyl (C=O) groups is 2. The maximum Gasteiger partial charge on any atom is 0.270 e. The topological polar surface area (TPSA) is 74.8 Å². The second kappa shape index (κ2) is 8.84. The van der Waals surface area contributed by atoms with Gasteiger partial charge in [-0.2, -0.15) is 0 Å². The third-order valence-electron chi connectivity index (χ3n) is 4.66. The molecule has 2 atom stereocenters. The Balaban J connectivity index is 1.78. The minimum Gasteiger partial charge on any atom is -0.491 e. The van der Waals surface area contributed by atoms with Crippen molar-refractivity contribution in [2.75, 3.05) is 27.2 Å². The lowest BCUT2D eigenvalue weighted by Crippen LogP contribution is -2.53. The fraction of sp³-hybridized carbons (Fsp3) is 0.381. The first-order valence-corrected chi connectivity index (χ1v) is 9.33. The standard InChI is InChI=1S/C21H26N4O3/c1-15(23-20(26)18-9-6-7-11-22-18)21(27)25-12-16-8-4-5-10-19(16)28-14-17(25)13-24(2)3/h4-11,15,17H,12-14H2,1-3H3,(H,23,26). The van der Waals surface area contributed by atoms with Crippen molar-refractivity contribution in [2.24, 2.45) is 0 Å². The predicted molar refractivity (Wildman–Crippen MR) is 106 cm³/mol. The molecule has 2 amide bonds. The van der Waals surface area contributed by atoms with Crippen LogP contribution < -0.4 is 10.1 Å². The van der Waals surface area contributed by atoms with Crippen molar-refractivity contribution >= 4 is 11.8 Å². The molecule has 0 radical (unpaired) electrons. The van der Waals surface area contributed by atoms with Crippen molar-refractivity contribution < 1.29 is 14.3 Å². The molecule has 1 aliphatic heterocycles. The molecule has 2 aromatic rings. The second-order valence-corrected chi connectivity index (χ2v) is 7.21. The number of likely N-dealkylation sites (N-methyl/N-ethyl adjacent to an activating group) is 1. The highest BCUT2D eigenvalue weighted by molar-refractivity contribution is 5.96. The van der Waals surface area contributed by atoms with Crippen LogP contribution in [-0.2, 0) is 11.3 Å². The average Bonchev–Trinajstić information content (AvgIpc) is 2.87. The van der Waals surface area contributed by atoms with Crippen LogP contribution in [0.1, 0.15) is 23.0 Å². The number of carbonyl (C=O) groups excluding carboxylic acids is 2. The molecule has 7 nitrogen and oxygen atoms in total. The number of rotatable bonds is 5. The van der Waals surface area contributed by atoms with Gasteiger partial charge in [0.1, 0.15) is 24.1 Å². The third-order valence-corrected chi connectivity index (χ3v) is 4.66. The Bertz CT molecular complexity index is 825. The molecule has 2 heterocycles. The summed E-state index contributed by atoms with van der Waals surface area (Å²) in [5.74, 6) is 0.292. The number of fused-ring (bicyclic) bond motifs is 1. The average molecular weight is 382 g/mol. The van der Waals surface area contributed by atoms with E-state index in [4.69, 9.17) is 4.74 Å². The summed E-state index contributed by atoms with van der Waals surface area (Å²) in [7, 11) is 3.93. The number of nitrogens with zero attached hydrogens (tertiary/aromatic N) is 3. The van der Waals surface area contributed by atoms with Gasteiger partial charge < -0.3 is 19.9 Å². The van der Waals surface area contributed by atoms with Crippen molar-refractivity contribution in [3.05, 3.63) is 59.9 Å². The van der Waals surface area contributed by atoms with Crippen LogP contribution in [0.4, 0.5) is 0 Å². The van der Waals surface area contributed by atoms with E-state index in [-0.39, 0.29) is 23.6 Å². The Morgan fingerprint density at radius 3 is 2.71 bits per heavy atom. The molecule has 0 fully saturated rings. The van der Waals surface area contributed by atoms with Gasteiger partial charge in [0, 0.05) is 24.8 Å². The fourth-order valence-electron chi connectivity index (χ4n) is 3.27. The summed E-state index contributed by atoms with van der Waals surface area (Å²) in [4.78, 5) is 33.5. The molecular weight excluding hydrogens is 356 g/mol. The van der Waals surface area contributed by atoms with Crippen LogP contribution in [0.5, 0.6) is 5.75 Å². The summed E-state index contributed by atoms with van der Waals surface area (Å²) in [6.07, 6.45) is 1.55. The molecule has 1 N–H and O–H groups in total.